The summed E-state index contributed by atoms with van der Waals surface area (Å²) in [4.78, 5) is 4.06. The molecule has 1 aromatic heterocycles. The minimum Gasteiger partial charge on any atom is -0.342 e. The smallest absolute Gasteiger partial charge is 0.342 e. The van der Waals surface area contributed by atoms with E-state index in [2.05, 4.69) is 4.98 Å². The maximum atomic E-state index is 12.7. The summed E-state index contributed by atoms with van der Waals surface area (Å²) < 4.78 is 52.2. The van der Waals surface area contributed by atoms with Crippen LogP contribution in [0, 0.1) is 0 Å². The molecule has 0 saturated carbocycles. The molecule has 0 spiro atoms. The molecule has 0 radical (unpaired) electrons. The largest absolute Gasteiger partial charge is 0.416 e. The first-order valence-electron chi connectivity index (χ1n) is 8.91. The van der Waals surface area contributed by atoms with Crippen molar-refractivity contribution in [2.75, 3.05) is 6.61 Å². The summed E-state index contributed by atoms with van der Waals surface area (Å²) in [6, 6.07) is 12.6. The van der Waals surface area contributed by atoms with Crippen molar-refractivity contribution >= 4 is 0 Å². The molecule has 1 aliphatic heterocycles. The molecule has 146 valence electrons. The van der Waals surface area contributed by atoms with Crippen LogP contribution in [0.4, 0.5) is 13.2 Å². The average Bonchev–Trinajstić information content (AvgIpc) is 3.32. The summed E-state index contributed by atoms with van der Waals surface area (Å²) in [5.41, 5.74) is 1.72. The predicted octanol–water partition coefficient (Wildman–Crippen LogP) is 4.86. The van der Waals surface area contributed by atoms with Crippen LogP contribution in [0.3, 0.4) is 0 Å². The number of hydrogen-bond acceptors (Lipinski definition) is 3. The molecule has 1 fully saturated rings. The highest BCUT2D eigenvalue weighted by Crippen LogP contribution is 2.37. The van der Waals surface area contributed by atoms with E-state index in [9.17, 15) is 13.2 Å². The van der Waals surface area contributed by atoms with E-state index in [1.807, 2.05) is 42.0 Å². The van der Waals surface area contributed by atoms with Gasteiger partial charge in [-0.3, -0.25) is 0 Å². The van der Waals surface area contributed by atoms with Crippen LogP contribution in [0.15, 0.2) is 67.3 Å². The highest BCUT2D eigenvalue weighted by molar-refractivity contribution is 5.64. The van der Waals surface area contributed by atoms with E-state index in [0.717, 1.165) is 23.3 Å². The van der Waals surface area contributed by atoms with E-state index in [-0.39, 0.29) is 6.10 Å². The Labute approximate surface area is 160 Å². The van der Waals surface area contributed by atoms with Crippen molar-refractivity contribution in [1.29, 1.82) is 0 Å². The third-order valence-electron chi connectivity index (χ3n) is 4.76. The Morgan fingerprint density at radius 3 is 2.21 bits per heavy atom. The van der Waals surface area contributed by atoms with Crippen LogP contribution in [0.25, 0.3) is 11.1 Å². The number of halogens is 3. The number of rotatable bonds is 4. The molecule has 7 heteroatoms. The Morgan fingerprint density at radius 2 is 1.71 bits per heavy atom. The highest BCUT2D eigenvalue weighted by atomic mass is 19.4. The monoisotopic (exact) mass is 388 g/mol. The minimum absolute atomic E-state index is 0.0434. The van der Waals surface area contributed by atoms with Gasteiger partial charge in [-0.25, -0.2) is 4.98 Å². The molecule has 2 heterocycles. The van der Waals surface area contributed by atoms with Gasteiger partial charge in [-0.1, -0.05) is 36.4 Å². The second kappa shape index (κ2) is 7.07. The van der Waals surface area contributed by atoms with Gasteiger partial charge in [0.05, 0.1) is 31.1 Å². The fourth-order valence-electron chi connectivity index (χ4n) is 3.36. The molecule has 2 aromatic carbocycles. The summed E-state index contributed by atoms with van der Waals surface area (Å²) in [7, 11) is 0. The zero-order valence-corrected chi connectivity index (χ0v) is 15.2. The number of nitrogens with zero attached hydrogens (tertiary/aromatic N) is 2. The Balaban J connectivity index is 1.60. The van der Waals surface area contributed by atoms with Crippen molar-refractivity contribution in [3.8, 4) is 11.1 Å². The lowest BCUT2D eigenvalue weighted by molar-refractivity contribution is -0.185. The zero-order chi connectivity index (χ0) is 19.8. The van der Waals surface area contributed by atoms with Crippen molar-refractivity contribution in [2.45, 2.75) is 31.5 Å². The molecule has 2 unspecified atom stereocenters. The van der Waals surface area contributed by atoms with Gasteiger partial charge in [0, 0.05) is 18.0 Å². The molecule has 0 aliphatic carbocycles. The standard InChI is InChI=1S/C21H19F3N2O2/c1-15-12-27-20(28-15,13-26-11-10-25-14-26)18-6-2-16(3-7-18)17-4-8-19(9-5-17)21(22,23)24/h2-11,14-15H,12-13H2,1H3. The fourth-order valence-corrected chi connectivity index (χ4v) is 3.36. The Bertz CT molecular complexity index is 922. The van der Waals surface area contributed by atoms with Crippen molar-refractivity contribution < 1.29 is 22.6 Å². The zero-order valence-electron chi connectivity index (χ0n) is 15.2. The molecule has 0 bridgehead atoms. The van der Waals surface area contributed by atoms with Crippen LogP contribution in [0.2, 0.25) is 0 Å². The number of imidazole rings is 1. The first-order valence-corrected chi connectivity index (χ1v) is 8.91. The second-order valence-corrected chi connectivity index (χ2v) is 6.88. The Hall–Kier alpha value is -2.64. The molecule has 0 amide bonds. The van der Waals surface area contributed by atoms with E-state index in [0.29, 0.717) is 18.7 Å². The van der Waals surface area contributed by atoms with Gasteiger partial charge < -0.3 is 14.0 Å². The lowest BCUT2D eigenvalue weighted by atomic mass is 9.99. The van der Waals surface area contributed by atoms with Crippen LogP contribution >= 0.6 is 0 Å². The average molecular weight is 388 g/mol. The van der Waals surface area contributed by atoms with Crippen molar-refractivity contribution in [3.05, 3.63) is 78.4 Å². The summed E-state index contributed by atoms with van der Waals surface area (Å²) in [5, 5.41) is 0. The van der Waals surface area contributed by atoms with Crippen LogP contribution in [0.5, 0.6) is 0 Å². The van der Waals surface area contributed by atoms with Gasteiger partial charge in [-0.2, -0.15) is 13.2 Å². The first kappa shape index (κ1) is 18.7. The van der Waals surface area contributed by atoms with Crippen molar-refractivity contribution in [1.82, 2.24) is 9.55 Å². The van der Waals surface area contributed by atoms with Crippen molar-refractivity contribution in [2.24, 2.45) is 0 Å². The van der Waals surface area contributed by atoms with E-state index < -0.39 is 17.5 Å². The van der Waals surface area contributed by atoms with Gasteiger partial charge in [-0.05, 0) is 30.2 Å². The molecule has 3 aromatic rings. The van der Waals surface area contributed by atoms with Crippen LogP contribution in [-0.2, 0) is 28.0 Å². The van der Waals surface area contributed by atoms with Gasteiger partial charge in [0.2, 0.25) is 5.79 Å². The molecule has 4 nitrogen and oxygen atoms in total. The van der Waals surface area contributed by atoms with E-state index >= 15 is 0 Å². The second-order valence-electron chi connectivity index (χ2n) is 6.88. The van der Waals surface area contributed by atoms with Gasteiger partial charge in [-0.15, -0.1) is 0 Å². The van der Waals surface area contributed by atoms with Crippen LogP contribution in [0.1, 0.15) is 18.1 Å². The summed E-state index contributed by atoms with van der Waals surface area (Å²) in [6.07, 6.45) is 0.857. The van der Waals surface area contributed by atoms with Crippen LogP contribution < -0.4 is 0 Å². The molecule has 1 saturated heterocycles. The van der Waals surface area contributed by atoms with Gasteiger partial charge in [0.25, 0.3) is 0 Å². The molecule has 0 N–H and O–H groups in total. The van der Waals surface area contributed by atoms with E-state index in [4.69, 9.17) is 9.47 Å². The van der Waals surface area contributed by atoms with E-state index in [1.165, 1.54) is 12.1 Å². The van der Waals surface area contributed by atoms with Gasteiger partial charge in [0.15, 0.2) is 0 Å². The SMILES string of the molecule is CC1COC(Cn2ccnc2)(c2ccc(-c3ccc(C(F)(F)F)cc3)cc2)O1. The number of alkyl halides is 3. The van der Waals surface area contributed by atoms with Crippen LogP contribution in [-0.4, -0.2) is 22.3 Å². The normalized spacial score (nSPS) is 22.5. The Morgan fingerprint density at radius 1 is 1.07 bits per heavy atom. The predicted molar refractivity (Wildman–Crippen MR) is 97.3 cm³/mol. The molecule has 2 atom stereocenters. The maximum absolute atomic E-state index is 12.7. The topological polar surface area (TPSA) is 36.3 Å². The summed E-state index contributed by atoms with van der Waals surface area (Å²) in [6.45, 7) is 2.89. The van der Waals surface area contributed by atoms with Gasteiger partial charge in [0.1, 0.15) is 0 Å². The number of aromatic nitrogens is 2. The fraction of sp³-hybridized carbons (Fsp3) is 0.286. The third kappa shape index (κ3) is 3.68. The number of hydrogen-bond donors (Lipinski definition) is 0. The highest BCUT2D eigenvalue weighted by Gasteiger charge is 2.42. The summed E-state index contributed by atoms with van der Waals surface area (Å²) >= 11 is 0. The Kier molecular flexibility index (Phi) is 4.72. The summed E-state index contributed by atoms with van der Waals surface area (Å²) in [5.74, 6) is -0.918. The quantitative estimate of drug-likeness (QED) is 0.641. The molecular weight excluding hydrogens is 369 g/mol. The minimum atomic E-state index is -4.34. The number of benzene rings is 2. The molecular formula is C21H19F3N2O2. The van der Waals surface area contributed by atoms with Crippen molar-refractivity contribution in [3.63, 3.8) is 0 Å². The lowest BCUT2D eigenvalue weighted by Crippen LogP contribution is -2.33. The number of ether oxygens (including phenoxy) is 2. The maximum Gasteiger partial charge on any atom is 0.416 e. The van der Waals surface area contributed by atoms with E-state index in [1.54, 1.807) is 12.5 Å². The molecule has 1 aliphatic rings. The molecule has 4 rings (SSSR count). The molecule has 28 heavy (non-hydrogen) atoms. The first-order chi connectivity index (χ1) is 13.4. The lowest BCUT2D eigenvalue weighted by Gasteiger charge is -2.29. The van der Waals surface area contributed by atoms with Gasteiger partial charge >= 0.3 is 6.18 Å². The third-order valence-corrected chi connectivity index (χ3v) is 4.76.